The van der Waals surface area contributed by atoms with Gasteiger partial charge in [0.15, 0.2) is 0 Å². The Morgan fingerprint density at radius 2 is 1.76 bits per heavy atom. The molecule has 0 spiro atoms. The van der Waals surface area contributed by atoms with Gasteiger partial charge < -0.3 is 19.3 Å². The van der Waals surface area contributed by atoms with Gasteiger partial charge in [-0.1, -0.05) is 18.9 Å². The number of ether oxygens (including phenoxy) is 1. The van der Waals surface area contributed by atoms with Crippen LogP contribution in [0.4, 0.5) is 27.6 Å². The Morgan fingerprint density at radius 1 is 1.00 bits per heavy atom. The number of carboxylic acids is 1. The number of halogens is 5. The molecule has 46 heavy (non-hydrogen) atoms. The number of piperidine rings is 1. The van der Waals surface area contributed by atoms with Crippen molar-refractivity contribution in [3.8, 4) is 5.75 Å². The first-order valence-electron chi connectivity index (χ1n) is 15.5. The van der Waals surface area contributed by atoms with Crippen molar-refractivity contribution in [1.29, 1.82) is 0 Å². The highest BCUT2D eigenvalue weighted by Gasteiger charge is 2.41. The van der Waals surface area contributed by atoms with E-state index in [1.54, 1.807) is 48.4 Å². The van der Waals surface area contributed by atoms with Crippen LogP contribution in [0, 0.1) is 30.4 Å². The average molecular weight is 643 g/mol. The Labute approximate surface area is 263 Å². The van der Waals surface area contributed by atoms with Crippen LogP contribution in [0.5, 0.6) is 5.75 Å². The zero-order chi connectivity index (χ0) is 32.6. The Bertz CT molecular complexity index is 1730. The first kappa shape index (κ1) is 31.7. The molecule has 1 saturated heterocycles. The summed E-state index contributed by atoms with van der Waals surface area (Å²) in [5.74, 6) is -3.31. The number of hydrogen-bond donors (Lipinski definition) is 1. The molecule has 2 unspecified atom stereocenters. The minimum Gasteiger partial charge on any atom is -0.487 e. The molecule has 4 aromatic rings. The van der Waals surface area contributed by atoms with E-state index in [-0.39, 0.29) is 50.7 Å². The van der Waals surface area contributed by atoms with Gasteiger partial charge in [-0.3, -0.25) is 9.78 Å². The average Bonchev–Trinajstić information content (AvgIpc) is 3.38. The van der Waals surface area contributed by atoms with Crippen molar-refractivity contribution < 1.29 is 36.6 Å². The quantitative estimate of drug-likeness (QED) is 0.198. The molecule has 6 rings (SSSR count). The summed E-state index contributed by atoms with van der Waals surface area (Å²) in [6.07, 6.45) is 0.0164. The summed E-state index contributed by atoms with van der Waals surface area (Å²) in [5, 5.41) is 10.0. The van der Waals surface area contributed by atoms with Crippen molar-refractivity contribution in [3.63, 3.8) is 0 Å². The number of anilines is 1. The number of aliphatic carboxylic acids is 1. The number of pyridine rings is 1. The molecule has 1 aliphatic carbocycles. The molecule has 2 atom stereocenters. The van der Waals surface area contributed by atoms with E-state index in [4.69, 9.17) is 9.72 Å². The molecule has 3 heterocycles. The second-order valence-electron chi connectivity index (χ2n) is 12.4. The van der Waals surface area contributed by atoms with Crippen LogP contribution in [0.2, 0.25) is 0 Å². The second kappa shape index (κ2) is 12.9. The maximum Gasteiger partial charge on any atom is 0.391 e. The first-order chi connectivity index (χ1) is 22.0. The summed E-state index contributed by atoms with van der Waals surface area (Å²) in [4.78, 5) is 23.0. The summed E-state index contributed by atoms with van der Waals surface area (Å²) in [5.41, 5.74) is 2.88. The number of rotatable bonds is 8. The summed E-state index contributed by atoms with van der Waals surface area (Å²) in [6.45, 7) is 2.04. The number of aryl methyl sites for hydroxylation is 1. The molecule has 2 fully saturated rings. The molecule has 2 aromatic carbocycles. The zero-order valence-electron chi connectivity index (χ0n) is 25.4. The molecule has 1 N–H and O–H groups in total. The third kappa shape index (κ3) is 6.66. The third-order valence-electron chi connectivity index (χ3n) is 9.28. The van der Waals surface area contributed by atoms with Crippen molar-refractivity contribution in [3.05, 3.63) is 82.9 Å². The van der Waals surface area contributed by atoms with Gasteiger partial charge in [0, 0.05) is 42.5 Å². The van der Waals surface area contributed by atoms with E-state index in [1.807, 2.05) is 4.57 Å². The highest BCUT2D eigenvalue weighted by Crippen LogP contribution is 2.40. The number of carbonyl (C=O) groups is 1. The number of aromatic nitrogens is 3. The number of nitrogens with zero attached hydrogens (tertiary/aromatic N) is 4. The molecule has 1 saturated carbocycles. The SMILES string of the molecule is Cc1cnc(COc2ccc3nc(C4CCCCC4C(=O)O)n(Cc4ccc(N5CCC(C(F)(F)F)CC5)cc4F)c3c2)c(F)c1. The van der Waals surface area contributed by atoms with Crippen LogP contribution < -0.4 is 9.64 Å². The van der Waals surface area contributed by atoms with Crippen LogP contribution in [-0.2, 0) is 17.9 Å². The lowest BCUT2D eigenvalue weighted by molar-refractivity contribution is -0.179. The van der Waals surface area contributed by atoms with E-state index in [0.717, 1.165) is 12.8 Å². The number of carboxylic acid groups (broad SMARTS) is 1. The fourth-order valence-electron chi connectivity index (χ4n) is 6.71. The molecule has 244 valence electrons. The highest BCUT2D eigenvalue weighted by atomic mass is 19.4. The fraction of sp³-hybridized carbons (Fsp3) is 0.441. The van der Waals surface area contributed by atoms with Crippen LogP contribution in [-0.4, -0.2) is 44.9 Å². The van der Waals surface area contributed by atoms with Crippen molar-refractivity contribution in [1.82, 2.24) is 14.5 Å². The summed E-state index contributed by atoms with van der Waals surface area (Å²) >= 11 is 0. The second-order valence-corrected chi connectivity index (χ2v) is 12.4. The standard InChI is InChI=1S/C34H35F5N4O3/c1-20-14-28(36)30(40-17-20)19-46-24-8-9-29-31(16-24)43(32(41-29)25-4-2-3-5-26(25)33(44)45)18-21-6-7-23(15-27(21)35)42-12-10-22(11-13-42)34(37,38)39/h6-9,14-17,22,25-26H,2-5,10-13,18-19H2,1H3,(H,44,45). The largest absolute Gasteiger partial charge is 0.487 e. The van der Waals surface area contributed by atoms with Crippen LogP contribution >= 0.6 is 0 Å². The van der Waals surface area contributed by atoms with Crippen LogP contribution in [0.1, 0.15) is 67.1 Å². The smallest absolute Gasteiger partial charge is 0.391 e. The van der Waals surface area contributed by atoms with Gasteiger partial charge in [-0.05, 0) is 68.5 Å². The van der Waals surface area contributed by atoms with Gasteiger partial charge in [0.05, 0.1) is 29.4 Å². The number of hydrogen-bond acceptors (Lipinski definition) is 5. The molecule has 2 aromatic heterocycles. The molecule has 2 aliphatic rings. The summed E-state index contributed by atoms with van der Waals surface area (Å²) in [6, 6.07) is 11.2. The Morgan fingerprint density at radius 3 is 2.46 bits per heavy atom. The Balaban J connectivity index is 1.31. The fourth-order valence-corrected chi connectivity index (χ4v) is 6.71. The van der Waals surface area contributed by atoms with Crippen LogP contribution in [0.3, 0.4) is 0 Å². The molecule has 0 amide bonds. The molecule has 12 heteroatoms. The molecule has 1 aliphatic heterocycles. The van der Waals surface area contributed by atoms with Gasteiger partial charge >= 0.3 is 12.1 Å². The maximum absolute atomic E-state index is 15.7. The van der Waals surface area contributed by atoms with Crippen molar-refractivity contribution in [2.24, 2.45) is 11.8 Å². The van der Waals surface area contributed by atoms with Gasteiger partial charge in [-0.2, -0.15) is 13.2 Å². The Hall–Kier alpha value is -4.22. The van der Waals surface area contributed by atoms with Crippen LogP contribution in [0.25, 0.3) is 11.0 Å². The van der Waals surface area contributed by atoms with Crippen molar-refractivity contribution in [2.45, 2.75) is 70.7 Å². The first-order valence-corrected chi connectivity index (χ1v) is 15.5. The molecule has 7 nitrogen and oxygen atoms in total. The van der Waals surface area contributed by atoms with Gasteiger partial charge in [0.2, 0.25) is 0 Å². The lowest BCUT2D eigenvalue weighted by atomic mass is 9.78. The molecular weight excluding hydrogens is 607 g/mol. The van der Waals surface area contributed by atoms with E-state index < -0.39 is 35.6 Å². The van der Waals surface area contributed by atoms with Gasteiger partial charge in [-0.15, -0.1) is 0 Å². The topological polar surface area (TPSA) is 80.5 Å². The third-order valence-corrected chi connectivity index (χ3v) is 9.28. The van der Waals surface area contributed by atoms with E-state index in [9.17, 15) is 27.5 Å². The summed E-state index contributed by atoms with van der Waals surface area (Å²) < 4.78 is 77.2. The molecule has 0 bridgehead atoms. The van der Waals surface area contributed by atoms with Gasteiger partial charge in [0.1, 0.15) is 35.5 Å². The predicted octanol–water partition coefficient (Wildman–Crippen LogP) is 7.78. The lowest BCUT2D eigenvalue weighted by Gasteiger charge is -2.34. The monoisotopic (exact) mass is 642 g/mol. The summed E-state index contributed by atoms with van der Waals surface area (Å²) in [7, 11) is 0. The Kier molecular flexibility index (Phi) is 8.89. The number of benzene rings is 2. The van der Waals surface area contributed by atoms with E-state index >= 15 is 4.39 Å². The minimum atomic E-state index is -4.23. The van der Waals surface area contributed by atoms with Gasteiger partial charge in [0.25, 0.3) is 0 Å². The van der Waals surface area contributed by atoms with Gasteiger partial charge in [-0.25, -0.2) is 13.8 Å². The number of alkyl halides is 3. The van der Waals surface area contributed by atoms with Crippen LogP contribution in [0.15, 0.2) is 48.7 Å². The highest BCUT2D eigenvalue weighted by molar-refractivity contribution is 5.79. The lowest BCUT2D eigenvalue weighted by Crippen LogP contribution is -2.39. The predicted molar refractivity (Wildman–Crippen MR) is 162 cm³/mol. The number of imidazole rings is 1. The zero-order valence-corrected chi connectivity index (χ0v) is 25.4. The molecule has 0 radical (unpaired) electrons. The normalized spacial score (nSPS) is 19.5. The van der Waals surface area contributed by atoms with E-state index in [2.05, 4.69) is 4.98 Å². The maximum atomic E-state index is 15.7. The number of fused-ring (bicyclic) bond motifs is 1. The van der Waals surface area contributed by atoms with E-state index in [0.29, 0.717) is 52.3 Å². The molecular formula is C34H35F5N4O3. The minimum absolute atomic E-state index is 0.0413. The van der Waals surface area contributed by atoms with E-state index in [1.165, 1.54) is 12.1 Å². The van der Waals surface area contributed by atoms with Crippen molar-refractivity contribution >= 4 is 22.7 Å². The van der Waals surface area contributed by atoms with Crippen molar-refractivity contribution in [2.75, 3.05) is 18.0 Å².